The molecule has 3 nitrogen and oxygen atoms in total. The van der Waals surface area contributed by atoms with Gasteiger partial charge in [-0.15, -0.1) is 0 Å². The smallest absolute Gasteiger partial charge is 0.144 e. The minimum absolute atomic E-state index is 0.00120. The van der Waals surface area contributed by atoms with E-state index >= 15 is 0 Å². The van der Waals surface area contributed by atoms with Gasteiger partial charge in [-0.3, -0.25) is 4.79 Å². The number of rotatable bonds is 3. The van der Waals surface area contributed by atoms with Gasteiger partial charge in [-0.25, -0.2) is 4.39 Å². The summed E-state index contributed by atoms with van der Waals surface area (Å²) in [4.78, 5) is 12.0. The van der Waals surface area contributed by atoms with Gasteiger partial charge in [0.05, 0.1) is 19.1 Å². The van der Waals surface area contributed by atoms with Gasteiger partial charge in [-0.05, 0) is 23.8 Å². The van der Waals surface area contributed by atoms with E-state index in [-0.39, 0.29) is 30.0 Å². The molecular formula is C12H13BrFNO2. The lowest BCUT2D eigenvalue weighted by Gasteiger charge is -2.12. The molecule has 1 aliphatic rings. The number of ketones is 1. The highest BCUT2D eigenvalue weighted by atomic mass is 79.9. The van der Waals surface area contributed by atoms with Gasteiger partial charge in [0.25, 0.3) is 0 Å². The Morgan fingerprint density at radius 1 is 1.53 bits per heavy atom. The predicted molar refractivity (Wildman–Crippen MR) is 65.1 cm³/mol. The van der Waals surface area contributed by atoms with Crippen molar-refractivity contribution >= 4 is 21.7 Å². The number of benzene rings is 1. The minimum atomic E-state index is -0.344. The summed E-state index contributed by atoms with van der Waals surface area (Å²) in [5, 5.41) is 0. The van der Waals surface area contributed by atoms with Gasteiger partial charge in [-0.2, -0.15) is 0 Å². The van der Waals surface area contributed by atoms with E-state index in [2.05, 4.69) is 15.9 Å². The summed E-state index contributed by atoms with van der Waals surface area (Å²) in [6, 6.07) is 4.07. The lowest BCUT2D eigenvalue weighted by Crippen LogP contribution is -2.34. The Morgan fingerprint density at radius 2 is 2.29 bits per heavy atom. The lowest BCUT2D eigenvalue weighted by molar-refractivity contribution is -0.122. The van der Waals surface area contributed by atoms with Gasteiger partial charge in [-0.1, -0.05) is 15.9 Å². The van der Waals surface area contributed by atoms with E-state index in [1.165, 1.54) is 12.1 Å². The van der Waals surface area contributed by atoms with E-state index in [0.29, 0.717) is 18.8 Å². The van der Waals surface area contributed by atoms with E-state index in [1.54, 1.807) is 6.07 Å². The molecular weight excluding hydrogens is 289 g/mol. The zero-order valence-electron chi connectivity index (χ0n) is 9.16. The molecule has 1 heterocycles. The maximum absolute atomic E-state index is 13.1. The number of carbonyl (C=O) groups is 1. The van der Waals surface area contributed by atoms with Crippen LogP contribution in [0.5, 0.6) is 0 Å². The van der Waals surface area contributed by atoms with Crippen molar-refractivity contribution in [2.75, 3.05) is 13.2 Å². The van der Waals surface area contributed by atoms with E-state index < -0.39 is 0 Å². The Bertz CT molecular complexity index is 439. The minimum Gasteiger partial charge on any atom is -0.379 e. The second kappa shape index (κ2) is 5.25. The average Bonchev–Trinajstić information content (AvgIpc) is 2.70. The molecule has 0 aromatic heterocycles. The molecule has 17 heavy (non-hydrogen) atoms. The molecule has 0 saturated carbocycles. The highest BCUT2D eigenvalue weighted by Gasteiger charge is 2.31. The molecule has 1 fully saturated rings. The first-order valence-corrected chi connectivity index (χ1v) is 6.17. The molecule has 0 spiro atoms. The van der Waals surface area contributed by atoms with Crippen LogP contribution in [0.4, 0.5) is 4.39 Å². The fourth-order valence-electron chi connectivity index (χ4n) is 1.90. The van der Waals surface area contributed by atoms with Gasteiger partial charge in [0, 0.05) is 16.9 Å². The number of hydrogen-bond acceptors (Lipinski definition) is 3. The largest absolute Gasteiger partial charge is 0.379 e. The SMILES string of the molecule is NC1COCC1C(=O)Cc1cc(F)ccc1Br. The third-order valence-electron chi connectivity index (χ3n) is 2.91. The molecule has 1 saturated heterocycles. The molecule has 2 unspecified atom stereocenters. The van der Waals surface area contributed by atoms with Crippen LogP contribution in [-0.4, -0.2) is 25.0 Å². The fourth-order valence-corrected chi connectivity index (χ4v) is 2.29. The van der Waals surface area contributed by atoms with Crippen LogP contribution in [-0.2, 0) is 16.0 Å². The Hall–Kier alpha value is -0.780. The van der Waals surface area contributed by atoms with E-state index in [1.807, 2.05) is 0 Å². The van der Waals surface area contributed by atoms with Crippen LogP contribution in [0.2, 0.25) is 0 Å². The van der Waals surface area contributed by atoms with Crippen molar-refractivity contribution in [2.24, 2.45) is 11.7 Å². The van der Waals surface area contributed by atoms with Crippen LogP contribution in [0.3, 0.4) is 0 Å². The van der Waals surface area contributed by atoms with Crippen molar-refractivity contribution in [3.63, 3.8) is 0 Å². The summed E-state index contributed by atoms with van der Waals surface area (Å²) in [5.41, 5.74) is 6.42. The normalized spacial score (nSPS) is 23.9. The van der Waals surface area contributed by atoms with E-state index in [0.717, 1.165) is 4.47 Å². The van der Waals surface area contributed by atoms with Crippen molar-refractivity contribution in [2.45, 2.75) is 12.5 Å². The van der Waals surface area contributed by atoms with Crippen molar-refractivity contribution in [1.29, 1.82) is 0 Å². The van der Waals surface area contributed by atoms with Crippen LogP contribution in [0.15, 0.2) is 22.7 Å². The number of halogens is 2. The van der Waals surface area contributed by atoms with Gasteiger partial charge >= 0.3 is 0 Å². The second-order valence-electron chi connectivity index (χ2n) is 4.19. The monoisotopic (exact) mass is 301 g/mol. The van der Waals surface area contributed by atoms with Gasteiger partial charge in [0.15, 0.2) is 0 Å². The Labute approximate surface area is 107 Å². The van der Waals surface area contributed by atoms with Gasteiger partial charge in [0.1, 0.15) is 11.6 Å². The van der Waals surface area contributed by atoms with E-state index in [4.69, 9.17) is 10.5 Å². The molecule has 0 radical (unpaired) electrons. The molecule has 0 bridgehead atoms. The molecule has 0 aliphatic carbocycles. The summed E-state index contributed by atoms with van der Waals surface area (Å²) < 4.78 is 19.0. The zero-order chi connectivity index (χ0) is 12.4. The molecule has 2 atom stereocenters. The lowest BCUT2D eigenvalue weighted by atomic mass is 9.94. The van der Waals surface area contributed by atoms with Gasteiger partial charge in [0.2, 0.25) is 0 Å². The Kier molecular flexibility index (Phi) is 3.91. The summed E-state index contributed by atoms with van der Waals surface area (Å²) in [7, 11) is 0. The van der Waals surface area contributed by atoms with Crippen LogP contribution >= 0.6 is 15.9 Å². The number of hydrogen-bond donors (Lipinski definition) is 1. The van der Waals surface area contributed by atoms with Crippen molar-refractivity contribution in [3.8, 4) is 0 Å². The zero-order valence-corrected chi connectivity index (χ0v) is 10.7. The third-order valence-corrected chi connectivity index (χ3v) is 3.68. The summed E-state index contributed by atoms with van der Waals surface area (Å²) in [5.74, 6) is -0.616. The van der Waals surface area contributed by atoms with Gasteiger partial charge < -0.3 is 10.5 Å². The predicted octanol–water partition coefficient (Wildman–Crippen LogP) is 1.67. The van der Waals surface area contributed by atoms with Crippen molar-refractivity contribution < 1.29 is 13.9 Å². The van der Waals surface area contributed by atoms with Crippen LogP contribution in [0.1, 0.15) is 5.56 Å². The molecule has 0 amide bonds. The highest BCUT2D eigenvalue weighted by Crippen LogP contribution is 2.21. The maximum atomic E-state index is 13.1. The van der Waals surface area contributed by atoms with Crippen LogP contribution in [0.25, 0.3) is 0 Å². The standard InChI is InChI=1S/C12H13BrFNO2/c13-10-2-1-8(14)3-7(10)4-12(16)9-5-17-6-11(9)15/h1-3,9,11H,4-6,15H2. The van der Waals surface area contributed by atoms with E-state index in [9.17, 15) is 9.18 Å². The van der Waals surface area contributed by atoms with Crippen molar-refractivity contribution in [3.05, 3.63) is 34.1 Å². The molecule has 92 valence electrons. The van der Waals surface area contributed by atoms with Crippen LogP contribution in [0, 0.1) is 11.7 Å². The Balaban J connectivity index is 2.10. The quantitative estimate of drug-likeness (QED) is 0.924. The van der Waals surface area contributed by atoms with Crippen LogP contribution < -0.4 is 5.73 Å². The fraction of sp³-hybridized carbons (Fsp3) is 0.417. The number of nitrogens with two attached hydrogens (primary N) is 1. The highest BCUT2D eigenvalue weighted by molar-refractivity contribution is 9.10. The Morgan fingerprint density at radius 3 is 2.94 bits per heavy atom. The third kappa shape index (κ3) is 2.91. The molecule has 1 aliphatic heterocycles. The number of carbonyl (C=O) groups excluding carboxylic acids is 1. The number of ether oxygens (including phenoxy) is 1. The average molecular weight is 302 g/mol. The number of Topliss-reactive ketones (excluding diaryl/α,β-unsaturated/α-hetero) is 1. The molecule has 1 aromatic rings. The molecule has 1 aromatic carbocycles. The first-order chi connectivity index (χ1) is 8.08. The second-order valence-corrected chi connectivity index (χ2v) is 5.04. The molecule has 5 heteroatoms. The summed E-state index contributed by atoms with van der Waals surface area (Å²) in [6.45, 7) is 0.785. The summed E-state index contributed by atoms with van der Waals surface area (Å²) >= 11 is 3.30. The van der Waals surface area contributed by atoms with Crippen molar-refractivity contribution in [1.82, 2.24) is 0 Å². The topological polar surface area (TPSA) is 52.3 Å². The summed E-state index contributed by atoms with van der Waals surface area (Å²) in [6.07, 6.45) is 0.181. The molecule has 2 N–H and O–H groups in total. The first-order valence-electron chi connectivity index (χ1n) is 5.38. The maximum Gasteiger partial charge on any atom is 0.144 e. The first kappa shape index (κ1) is 12.7. The molecule has 2 rings (SSSR count).